The maximum absolute atomic E-state index is 13.5. The largest absolute Gasteiger partial charge is 0.299 e. The number of Topliss-reactive ketones (excluding diaryl/α,β-unsaturated/α-hetero) is 1. The van der Waals surface area contributed by atoms with Crippen molar-refractivity contribution < 1.29 is 13.6 Å². The number of carbonyl (C=O) groups is 1. The average molecular weight is 291 g/mol. The molecule has 0 atom stereocenters. The van der Waals surface area contributed by atoms with Crippen LogP contribution >= 0.6 is 15.9 Å². The van der Waals surface area contributed by atoms with Crippen molar-refractivity contribution in [2.45, 2.75) is 26.7 Å². The topological polar surface area (TPSA) is 17.1 Å². The highest BCUT2D eigenvalue weighted by Crippen LogP contribution is 2.23. The highest BCUT2D eigenvalue weighted by atomic mass is 79.9. The maximum atomic E-state index is 13.5. The molecule has 4 heteroatoms. The Morgan fingerprint density at radius 2 is 2.00 bits per heavy atom. The predicted octanol–water partition coefficient (Wildman–Crippen LogP) is 3.89. The van der Waals surface area contributed by atoms with Crippen LogP contribution in [0, 0.1) is 17.6 Å². The zero-order valence-corrected chi connectivity index (χ0v) is 10.8. The Bertz CT molecular complexity index is 402. The van der Waals surface area contributed by atoms with E-state index in [1.165, 1.54) is 12.1 Å². The lowest BCUT2D eigenvalue weighted by molar-refractivity contribution is -0.121. The van der Waals surface area contributed by atoms with Gasteiger partial charge in [-0.1, -0.05) is 13.8 Å². The Labute approximate surface area is 102 Å². The van der Waals surface area contributed by atoms with E-state index in [2.05, 4.69) is 15.9 Å². The molecule has 0 radical (unpaired) electrons. The first-order chi connectivity index (χ1) is 7.43. The zero-order valence-electron chi connectivity index (χ0n) is 9.19. The van der Waals surface area contributed by atoms with Gasteiger partial charge >= 0.3 is 0 Å². The smallest absolute Gasteiger partial charge is 0.143 e. The van der Waals surface area contributed by atoms with Gasteiger partial charge in [-0.25, -0.2) is 8.78 Å². The van der Waals surface area contributed by atoms with Crippen LogP contribution in [0.2, 0.25) is 0 Å². The Morgan fingerprint density at radius 1 is 1.38 bits per heavy atom. The van der Waals surface area contributed by atoms with E-state index in [1.807, 2.05) is 0 Å². The summed E-state index contributed by atoms with van der Waals surface area (Å²) in [6, 6.07) is 2.51. The van der Waals surface area contributed by atoms with Gasteiger partial charge in [0.1, 0.15) is 17.4 Å². The van der Waals surface area contributed by atoms with Gasteiger partial charge < -0.3 is 0 Å². The monoisotopic (exact) mass is 290 g/mol. The summed E-state index contributed by atoms with van der Waals surface area (Å²) in [5, 5.41) is 0. The van der Waals surface area contributed by atoms with Gasteiger partial charge in [0.15, 0.2) is 0 Å². The van der Waals surface area contributed by atoms with Crippen molar-refractivity contribution in [2.24, 2.45) is 5.92 Å². The standard InChI is InChI=1S/C12H13BrF2O/c1-7(2)11(16)6-3-8-10(14)5-4-9(13)12(8)15/h4-5,7H,3,6H2,1-2H3. The lowest BCUT2D eigenvalue weighted by Crippen LogP contribution is -2.09. The molecule has 0 aliphatic heterocycles. The highest BCUT2D eigenvalue weighted by Gasteiger charge is 2.14. The van der Waals surface area contributed by atoms with E-state index < -0.39 is 11.6 Å². The molecule has 0 unspecified atom stereocenters. The molecule has 0 amide bonds. The van der Waals surface area contributed by atoms with Crippen molar-refractivity contribution in [1.82, 2.24) is 0 Å². The number of hydrogen-bond donors (Lipinski definition) is 0. The van der Waals surface area contributed by atoms with Crippen molar-refractivity contribution >= 4 is 21.7 Å². The summed E-state index contributed by atoms with van der Waals surface area (Å²) in [5.74, 6) is -1.30. The minimum atomic E-state index is -0.614. The first-order valence-electron chi connectivity index (χ1n) is 5.08. The zero-order chi connectivity index (χ0) is 12.3. The van der Waals surface area contributed by atoms with Crippen LogP contribution < -0.4 is 0 Å². The second kappa shape index (κ2) is 5.53. The van der Waals surface area contributed by atoms with E-state index >= 15 is 0 Å². The molecule has 1 nitrogen and oxygen atoms in total. The van der Waals surface area contributed by atoms with Crippen molar-refractivity contribution in [3.05, 3.63) is 33.8 Å². The first-order valence-corrected chi connectivity index (χ1v) is 5.88. The summed E-state index contributed by atoms with van der Waals surface area (Å²) in [4.78, 5) is 11.4. The molecule has 88 valence electrons. The van der Waals surface area contributed by atoms with Crippen LogP contribution in [0.1, 0.15) is 25.8 Å². The number of benzene rings is 1. The third-order valence-electron chi connectivity index (χ3n) is 2.40. The minimum Gasteiger partial charge on any atom is -0.299 e. The molecule has 16 heavy (non-hydrogen) atoms. The number of ketones is 1. The molecular weight excluding hydrogens is 278 g/mol. The van der Waals surface area contributed by atoms with Gasteiger partial charge in [0.25, 0.3) is 0 Å². The van der Waals surface area contributed by atoms with Crippen LogP contribution in [-0.4, -0.2) is 5.78 Å². The molecule has 0 saturated heterocycles. The van der Waals surface area contributed by atoms with Crippen molar-refractivity contribution in [3.63, 3.8) is 0 Å². The number of halogens is 3. The summed E-state index contributed by atoms with van der Waals surface area (Å²) >= 11 is 2.99. The minimum absolute atomic E-state index is 0.0128. The van der Waals surface area contributed by atoms with Gasteiger partial charge in [-0.2, -0.15) is 0 Å². The molecule has 0 aliphatic rings. The number of hydrogen-bond acceptors (Lipinski definition) is 1. The van der Waals surface area contributed by atoms with Gasteiger partial charge in [-0.05, 0) is 34.5 Å². The third-order valence-corrected chi connectivity index (χ3v) is 3.02. The van der Waals surface area contributed by atoms with E-state index in [-0.39, 0.29) is 34.6 Å². The number of rotatable bonds is 4. The molecule has 0 heterocycles. The second-order valence-electron chi connectivity index (χ2n) is 3.94. The highest BCUT2D eigenvalue weighted by molar-refractivity contribution is 9.10. The Kier molecular flexibility index (Phi) is 4.59. The summed E-state index contributed by atoms with van der Waals surface area (Å²) in [6.45, 7) is 3.55. The van der Waals surface area contributed by atoms with Gasteiger partial charge in [-0.3, -0.25) is 4.79 Å². The Hall–Kier alpha value is -0.770. The van der Waals surface area contributed by atoms with Gasteiger partial charge in [0, 0.05) is 17.9 Å². The summed E-state index contributed by atoms with van der Waals surface area (Å²) in [6.07, 6.45) is 0.274. The summed E-state index contributed by atoms with van der Waals surface area (Å²) < 4.78 is 27.0. The number of carbonyl (C=O) groups excluding carboxylic acids is 1. The predicted molar refractivity (Wildman–Crippen MR) is 62.2 cm³/mol. The van der Waals surface area contributed by atoms with Crippen LogP contribution in [0.25, 0.3) is 0 Å². The average Bonchev–Trinajstić information content (AvgIpc) is 2.23. The first kappa shape index (κ1) is 13.3. The fraction of sp³-hybridized carbons (Fsp3) is 0.417. The third kappa shape index (κ3) is 3.11. The quantitative estimate of drug-likeness (QED) is 0.769. The van der Waals surface area contributed by atoms with Crippen LogP contribution in [0.3, 0.4) is 0 Å². The van der Waals surface area contributed by atoms with Crippen molar-refractivity contribution in [2.75, 3.05) is 0 Å². The molecule has 1 aromatic rings. The van der Waals surface area contributed by atoms with Crippen LogP contribution in [0.15, 0.2) is 16.6 Å². The molecule has 1 aromatic carbocycles. The second-order valence-corrected chi connectivity index (χ2v) is 4.80. The van der Waals surface area contributed by atoms with Gasteiger partial charge in [0.2, 0.25) is 0 Å². The van der Waals surface area contributed by atoms with Gasteiger partial charge in [-0.15, -0.1) is 0 Å². The SMILES string of the molecule is CC(C)C(=O)CCc1c(F)ccc(Br)c1F. The van der Waals surface area contributed by atoms with Crippen molar-refractivity contribution in [3.8, 4) is 0 Å². The molecule has 0 spiro atoms. The summed E-state index contributed by atoms with van der Waals surface area (Å²) in [7, 11) is 0. The van der Waals surface area contributed by atoms with E-state index in [0.717, 1.165) is 0 Å². The Morgan fingerprint density at radius 3 is 2.56 bits per heavy atom. The fourth-order valence-electron chi connectivity index (χ4n) is 1.34. The molecule has 0 fully saturated rings. The molecule has 0 aromatic heterocycles. The normalized spacial score (nSPS) is 10.9. The van der Waals surface area contributed by atoms with Crippen molar-refractivity contribution in [1.29, 1.82) is 0 Å². The Balaban J connectivity index is 2.82. The molecule has 0 aliphatic carbocycles. The van der Waals surface area contributed by atoms with Crippen LogP contribution in [-0.2, 0) is 11.2 Å². The maximum Gasteiger partial charge on any atom is 0.143 e. The van der Waals surface area contributed by atoms with Crippen LogP contribution in [0.5, 0.6) is 0 Å². The van der Waals surface area contributed by atoms with E-state index in [4.69, 9.17) is 0 Å². The molecule has 1 rings (SSSR count). The molecule has 0 N–H and O–H groups in total. The van der Waals surface area contributed by atoms with Gasteiger partial charge in [0.05, 0.1) is 4.47 Å². The lowest BCUT2D eigenvalue weighted by Gasteiger charge is -2.07. The van der Waals surface area contributed by atoms with E-state index in [9.17, 15) is 13.6 Å². The fourth-order valence-corrected chi connectivity index (χ4v) is 1.71. The molecular formula is C12H13BrF2O. The molecule has 0 saturated carbocycles. The van der Waals surface area contributed by atoms with E-state index in [1.54, 1.807) is 13.8 Å². The van der Waals surface area contributed by atoms with E-state index in [0.29, 0.717) is 0 Å². The molecule has 0 bridgehead atoms. The van der Waals surface area contributed by atoms with Crippen LogP contribution in [0.4, 0.5) is 8.78 Å². The summed E-state index contributed by atoms with van der Waals surface area (Å²) in [5.41, 5.74) is -0.0247. The lowest BCUT2D eigenvalue weighted by atomic mass is 10.0.